The Kier molecular flexibility index (Phi) is 3.82. The molecule has 0 spiro atoms. The van der Waals surface area contributed by atoms with Gasteiger partial charge in [-0.3, -0.25) is 4.79 Å². The van der Waals surface area contributed by atoms with Gasteiger partial charge in [-0.1, -0.05) is 28.1 Å². The number of amides is 1. The Labute approximate surface area is 107 Å². The van der Waals surface area contributed by atoms with Gasteiger partial charge < -0.3 is 5.32 Å². The molecule has 1 heterocycles. The van der Waals surface area contributed by atoms with Gasteiger partial charge in [-0.05, 0) is 23.8 Å². The molecule has 0 bridgehead atoms. The van der Waals surface area contributed by atoms with E-state index >= 15 is 0 Å². The fraction of sp³-hybridized carbons (Fsp3) is 0.0833. The zero-order valence-electron chi connectivity index (χ0n) is 8.93. The molecule has 5 heteroatoms. The number of carbonyl (C=O) groups is 1. The summed E-state index contributed by atoms with van der Waals surface area (Å²) in [5, 5.41) is 10.9. The van der Waals surface area contributed by atoms with E-state index in [0.717, 1.165) is 16.6 Å². The van der Waals surface area contributed by atoms with E-state index in [2.05, 4.69) is 31.4 Å². The predicted molar refractivity (Wildman–Crippen MR) is 69.1 cm³/mol. The van der Waals surface area contributed by atoms with E-state index in [0.29, 0.717) is 5.56 Å². The summed E-state index contributed by atoms with van der Waals surface area (Å²) in [7, 11) is 0. The third-order valence-corrected chi connectivity index (χ3v) is 2.86. The first-order valence-electron chi connectivity index (χ1n) is 5.02. The molecule has 2 aromatic rings. The van der Waals surface area contributed by atoms with Gasteiger partial charge in [0.2, 0.25) is 0 Å². The molecule has 0 aliphatic heterocycles. The fourth-order valence-corrected chi connectivity index (χ4v) is 1.68. The van der Waals surface area contributed by atoms with E-state index in [4.69, 9.17) is 0 Å². The minimum absolute atomic E-state index is 0.188. The van der Waals surface area contributed by atoms with Crippen molar-refractivity contribution in [2.75, 3.05) is 5.32 Å². The Morgan fingerprint density at radius 1 is 1.18 bits per heavy atom. The van der Waals surface area contributed by atoms with Gasteiger partial charge in [-0.25, -0.2) is 0 Å². The summed E-state index contributed by atoms with van der Waals surface area (Å²) in [6, 6.07) is 9.26. The smallest absolute Gasteiger partial charge is 0.257 e. The molecule has 0 saturated carbocycles. The van der Waals surface area contributed by atoms with Gasteiger partial charge in [0.15, 0.2) is 0 Å². The largest absolute Gasteiger partial charge is 0.322 e. The summed E-state index contributed by atoms with van der Waals surface area (Å²) >= 11 is 3.37. The number of nitrogens with one attached hydrogen (secondary N) is 1. The summed E-state index contributed by atoms with van der Waals surface area (Å²) in [6.07, 6.45) is 2.92. The van der Waals surface area contributed by atoms with Crippen molar-refractivity contribution < 1.29 is 4.79 Å². The molecule has 1 amide bonds. The predicted octanol–water partition coefficient (Wildman–Crippen LogP) is 2.62. The molecule has 0 atom stereocenters. The van der Waals surface area contributed by atoms with Gasteiger partial charge in [-0.15, -0.1) is 0 Å². The van der Waals surface area contributed by atoms with Crippen LogP contribution >= 0.6 is 15.9 Å². The lowest BCUT2D eigenvalue weighted by Crippen LogP contribution is -2.12. The monoisotopic (exact) mass is 291 g/mol. The molecule has 0 aliphatic rings. The second kappa shape index (κ2) is 5.54. The number of nitrogens with zero attached hydrogens (tertiary/aromatic N) is 2. The molecule has 2 rings (SSSR count). The van der Waals surface area contributed by atoms with Gasteiger partial charge >= 0.3 is 0 Å². The van der Waals surface area contributed by atoms with Crippen LogP contribution in [0.4, 0.5) is 5.69 Å². The summed E-state index contributed by atoms with van der Waals surface area (Å²) in [5.41, 5.74) is 2.41. The van der Waals surface area contributed by atoms with E-state index in [9.17, 15) is 4.79 Å². The molecule has 0 fully saturated rings. The van der Waals surface area contributed by atoms with Crippen molar-refractivity contribution in [2.24, 2.45) is 0 Å². The molecule has 1 aromatic heterocycles. The average Bonchev–Trinajstić information content (AvgIpc) is 2.40. The first-order valence-corrected chi connectivity index (χ1v) is 6.14. The Morgan fingerprint density at radius 3 is 2.53 bits per heavy atom. The van der Waals surface area contributed by atoms with Crippen LogP contribution in [0, 0.1) is 0 Å². The highest BCUT2D eigenvalue weighted by Gasteiger charge is 2.05. The lowest BCUT2D eigenvalue weighted by atomic mass is 10.2. The second-order valence-corrected chi connectivity index (χ2v) is 3.98. The van der Waals surface area contributed by atoms with Crippen LogP contribution in [0.25, 0.3) is 0 Å². The molecule has 1 N–H and O–H groups in total. The summed E-state index contributed by atoms with van der Waals surface area (Å²) < 4.78 is 0. The highest BCUT2D eigenvalue weighted by Crippen LogP contribution is 2.12. The molecule has 0 radical (unpaired) electrons. The first-order chi connectivity index (χ1) is 8.29. The number of rotatable bonds is 3. The maximum absolute atomic E-state index is 11.8. The Balaban J connectivity index is 2.08. The van der Waals surface area contributed by atoms with Crippen LogP contribution in [0.5, 0.6) is 0 Å². The van der Waals surface area contributed by atoms with Crippen molar-refractivity contribution >= 4 is 27.5 Å². The van der Waals surface area contributed by atoms with Crippen molar-refractivity contribution in [3.8, 4) is 0 Å². The average molecular weight is 292 g/mol. The third kappa shape index (κ3) is 3.10. The second-order valence-electron chi connectivity index (χ2n) is 3.42. The first kappa shape index (κ1) is 11.7. The number of benzene rings is 1. The van der Waals surface area contributed by atoms with Crippen LogP contribution in [0.3, 0.4) is 0 Å². The number of anilines is 1. The van der Waals surface area contributed by atoms with Crippen molar-refractivity contribution in [2.45, 2.75) is 5.33 Å². The molecule has 0 saturated heterocycles. The number of aromatic nitrogens is 2. The normalized spacial score (nSPS) is 9.94. The molecular formula is C12H10BrN3O. The number of hydrogen-bond acceptors (Lipinski definition) is 3. The fourth-order valence-electron chi connectivity index (χ4n) is 1.31. The van der Waals surface area contributed by atoms with Gasteiger partial charge in [0.1, 0.15) is 0 Å². The molecule has 0 aliphatic carbocycles. The van der Waals surface area contributed by atoms with E-state index < -0.39 is 0 Å². The Morgan fingerprint density at radius 2 is 1.94 bits per heavy atom. The van der Waals surface area contributed by atoms with Crippen LogP contribution in [0.2, 0.25) is 0 Å². The van der Waals surface area contributed by atoms with Crippen molar-refractivity contribution in [3.63, 3.8) is 0 Å². The van der Waals surface area contributed by atoms with Crippen LogP contribution in [-0.2, 0) is 5.33 Å². The summed E-state index contributed by atoms with van der Waals surface area (Å²) in [5.74, 6) is -0.188. The molecule has 4 nitrogen and oxygen atoms in total. The van der Waals surface area contributed by atoms with Crippen LogP contribution in [0.1, 0.15) is 15.9 Å². The molecular weight excluding hydrogens is 282 g/mol. The topological polar surface area (TPSA) is 54.9 Å². The Bertz CT molecular complexity index is 499. The lowest BCUT2D eigenvalue weighted by Gasteiger charge is -2.05. The third-order valence-electron chi connectivity index (χ3n) is 2.21. The number of alkyl halides is 1. The summed E-state index contributed by atoms with van der Waals surface area (Å²) in [4.78, 5) is 11.8. The maximum atomic E-state index is 11.8. The lowest BCUT2D eigenvalue weighted by molar-refractivity contribution is 0.102. The standard InChI is InChI=1S/C12H10BrN3O/c13-7-9-1-3-11(4-2-9)16-12(17)10-5-6-14-15-8-10/h1-6,8H,7H2,(H,16,17). The van der Waals surface area contributed by atoms with Gasteiger partial charge in [0.05, 0.1) is 18.0 Å². The SMILES string of the molecule is O=C(Nc1ccc(CBr)cc1)c1ccnnc1. The molecule has 17 heavy (non-hydrogen) atoms. The number of carbonyl (C=O) groups excluding carboxylic acids is 1. The van der Waals surface area contributed by atoms with Crippen LogP contribution < -0.4 is 5.32 Å². The van der Waals surface area contributed by atoms with Crippen LogP contribution in [0.15, 0.2) is 42.7 Å². The molecule has 1 aromatic carbocycles. The van der Waals surface area contributed by atoms with Gasteiger partial charge in [-0.2, -0.15) is 10.2 Å². The highest BCUT2D eigenvalue weighted by molar-refractivity contribution is 9.08. The van der Waals surface area contributed by atoms with Crippen molar-refractivity contribution in [1.82, 2.24) is 10.2 Å². The zero-order chi connectivity index (χ0) is 12.1. The van der Waals surface area contributed by atoms with E-state index in [-0.39, 0.29) is 5.91 Å². The number of halogens is 1. The van der Waals surface area contributed by atoms with E-state index in [1.807, 2.05) is 24.3 Å². The van der Waals surface area contributed by atoms with Crippen molar-refractivity contribution in [3.05, 3.63) is 53.9 Å². The minimum atomic E-state index is -0.188. The quantitative estimate of drug-likeness (QED) is 0.885. The van der Waals surface area contributed by atoms with E-state index in [1.165, 1.54) is 12.4 Å². The highest BCUT2D eigenvalue weighted by atomic mass is 79.9. The minimum Gasteiger partial charge on any atom is -0.322 e. The van der Waals surface area contributed by atoms with Crippen molar-refractivity contribution in [1.29, 1.82) is 0 Å². The molecule has 0 unspecified atom stereocenters. The maximum Gasteiger partial charge on any atom is 0.257 e. The summed E-state index contributed by atoms with van der Waals surface area (Å²) in [6.45, 7) is 0. The van der Waals surface area contributed by atoms with Crippen LogP contribution in [-0.4, -0.2) is 16.1 Å². The van der Waals surface area contributed by atoms with Gasteiger partial charge in [0.25, 0.3) is 5.91 Å². The Hall–Kier alpha value is -1.75. The van der Waals surface area contributed by atoms with Gasteiger partial charge in [0, 0.05) is 11.0 Å². The molecule has 86 valence electrons. The zero-order valence-corrected chi connectivity index (χ0v) is 10.5. The van der Waals surface area contributed by atoms with E-state index in [1.54, 1.807) is 6.07 Å². The number of hydrogen-bond donors (Lipinski definition) is 1.